The smallest absolute Gasteiger partial charge is 0.416 e. The Morgan fingerprint density at radius 3 is 2.43 bits per heavy atom. The van der Waals surface area contributed by atoms with Crippen molar-refractivity contribution >= 4 is 17.8 Å². The molecule has 160 valence electrons. The number of nitrogens with one attached hydrogen (secondary N) is 1. The predicted molar refractivity (Wildman–Crippen MR) is 107 cm³/mol. The van der Waals surface area contributed by atoms with Gasteiger partial charge in [-0.3, -0.25) is 4.79 Å². The summed E-state index contributed by atoms with van der Waals surface area (Å²) in [4.78, 5) is 14.4. The van der Waals surface area contributed by atoms with Crippen molar-refractivity contribution in [1.29, 1.82) is 0 Å². The van der Waals surface area contributed by atoms with Crippen molar-refractivity contribution in [2.24, 2.45) is 5.10 Å². The van der Waals surface area contributed by atoms with Crippen molar-refractivity contribution in [3.05, 3.63) is 53.1 Å². The van der Waals surface area contributed by atoms with Crippen LogP contribution in [0.15, 0.2) is 41.5 Å². The normalized spacial score (nSPS) is 14.2. The van der Waals surface area contributed by atoms with E-state index in [1.54, 1.807) is 13.2 Å². The minimum Gasteiger partial charge on any atom is -0.496 e. The molecular weight excluding hydrogens is 399 g/mol. The van der Waals surface area contributed by atoms with Crippen LogP contribution in [0.3, 0.4) is 0 Å². The third-order valence-corrected chi connectivity index (χ3v) is 4.80. The van der Waals surface area contributed by atoms with Gasteiger partial charge in [-0.2, -0.15) is 18.3 Å². The van der Waals surface area contributed by atoms with Crippen LogP contribution in [-0.2, 0) is 6.18 Å². The van der Waals surface area contributed by atoms with Crippen LogP contribution in [0.4, 0.5) is 18.9 Å². The number of hydrogen-bond acceptors (Lipinski definition) is 5. The summed E-state index contributed by atoms with van der Waals surface area (Å²) in [5, 5.41) is 3.87. The molecule has 0 bridgehead atoms. The predicted octanol–water partition coefficient (Wildman–Crippen LogP) is 4.09. The van der Waals surface area contributed by atoms with Crippen LogP contribution in [0.2, 0.25) is 0 Å². The van der Waals surface area contributed by atoms with E-state index >= 15 is 0 Å². The molecule has 1 N–H and O–H groups in total. The maximum absolute atomic E-state index is 12.8. The molecule has 0 aromatic heterocycles. The van der Waals surface area contributed by atoms with E-state index in [1.165, 1.54) is 25.5 Å². The molecule has 0 radical (unpaired) electrons. The number of anilines is 1. The first-order chi connectivity index (χ1) is 14.3. The monoisotopic (exact) mass is 421 g/mol. The summed E-state index contributed by atoms with van der Waals surface area (Å²) in [5.41, 5.74) is 2.67. The lowest BCUT2D eigenvalue weighted by Crippen LogP contribution is -2.19. The van der Waals surface area contributed by atoms with Gasteiger partial charge in [0.1, 0.15) is 11.5 Å². The summed E-state index contributed by atoms with van der Waals surface area (Å²) in [6, 6.07) is 7.73. The van der Waals surface area contributed by atoms with Crippen molar-refractivity contribution in [2.75, 3.05) is 32.2 Å². The number of alkyl halides is 3. The minimum atomic E-state index is -4.53. The van der Waals surface area contributed by atoms with E-state index in [-0.39, 0.29) is 5.56 Å². The molecule has 0 saturated carbocycles. The Labute approximate surface area is 172 Å². The Bertz CT molecular complexity index is 939. The summed E-state index contributed by atoms with van der Waals surface area (Å²) >= 11 is 0. The number of hydrazone groups is 1. The molecule has 30 heavy (non-hydrogen) atoms. The van der Waals surface area contributed by atoms with E-state index < -0.39 is 17.6 Å². The van der Waals surface area contributed by atoms with Gasteiger partial charge in [-0.1, -0.05) is 6.07 Å². The number of amides is 1. The fourth-order valence-corrected chi connectivity index (χ4v) is 3.27. The van der Waals surface area contributed by atoms with Gasteiger partial charge in [-0.15, -0.1) is 0 Å². The van der Waals surface area contributed by atoms with Gasteiger partial charge in [0.2, 0.25) is 0 Å². The summed E-state index contributed by atoms with van der Waals surface area (Å²) in [5.74, 6) is 0.426. The quantitative estimate of drug-likeness (QED) is 0.564. The Kier molecular flexibility index (Phi) is 6.49. The zero-order valence-corrected chi connectivity index (χ0v) is 16.6. The third-order valence-electron chi connectivity index (χ3n) is 4.80. The van der Waals surface area contributed by atoms with Crippen LogP contribution in [0.5, 0.6) is 11.5 Å². The number of ether oxygens (including phenoxy) is 2. The molecular formula is C21H22F3N3O3. The molecule has 2 aromatic carbocycles. The maximum atomic E-state index is 12.8. The zero-order chi connectivity index (χ0) is 21.7. The highest BCUT2D eigenvalue weighted by Crippen LogP contribution is 2.36. The van der Waals surface area contributed by atoms with Gasteiger partial charge in [0.15, 0.2) is 0 Å². The number of nitrogens with zero attached hydrogens (tertiary/aromatic N) is 2. The van der Waals surface area contributed by atoms with Gasteiger partial charge < -0.3 is 14.4 Å². The first-order valence-electron chi connectivity index (χ1n) is 9.35. The molecule has 0 unspecified atom stereocenters. The van der Waals surface area contributed by atoms with Crippen LogP contribution >= 0.6 is 0 Å². The SMILES string of the molecule is COc1cc(N2CCCC2)c(OC)cc1/C=N\NC(=O)c1cccc(C(F)(F)F)c1. The number of methoxy groups -OCH3 is 2. The lowest BCUT2D eigenvalue weighted by atomic mass is 10.1. The highest BCUT2D eigenvalue weighted by Gasteiger charge is 2.30. The molecule has 2 aromatic rings. The van der Waals surface area contributed by atoms with Crippen molar-refractivity contribution in [2.45, 2.75) is 19.0 Å². The van der Waals surface area contributed by atoms with E-state index in [4.69, 9.17) is 9.47 Å². The van der Waals surface area contributed by atoms with Crippen molar-refractivity contribution < 1.29 is 27.4 Å². The standard InChI is InChI=1S/C21H22F3N3O3/c1-29-18-12-17(27-8-3-4-9-27)19(30-2)11-15(18)13-25-26-20(28)14-6-5-7-16(10-14)21(22,23)24/h5-7,10-13H,3-4,8-9H2,1-2H3,(H,26,28)/b25-13-. The van der Waals surface area contributed by atoms with Gasteiger partial charge in [-0.25, -0.2) is 5.43 Å². The van der Waals surface area contributed by atoms with Gasteiger partial charge in [0, 0.05) is 30.3 Å². The second-order valence-corrected chi connectivity index (χ2v) is 6.74. The number of carbonyl (C=O) groups is 1. The Hall–Kier alpha value is -3.23. The van der Waals surface area contributed by atoms with E-state index in [2.05, 4.69) is 15.4 Å². The molecule has 3 rings (SSSR count). The highest BCUT2D eigenvalue weighted by molar-refractivity contribution is 5.95. The zero-order valence-electron chi connectivity index (χ0n) is 16.6. The van der Waals surface area contributed by atoms with Crippen LogP contribution < -0.4 is 19.8 Å². The molecule has 1 fully saturated rings. The van der Waals surface area contributed by atoms with Gasteiger partial charge in [0.05, 0.1) is 31.7 Å². The van der Waals surface area contributed by atoms with Crippen LogP contribution in [0, 0.1) is 0 Å². The van der Waals surface area contributed by atoms with Gasteiger partial charge in [0.25, 0.3) is 5.91 Å². The fraction of sp³-hybridized carbons (Fsp3) is 0.333. The summed E-state index contributed by atoms with van der Waals surface area (Å²) in [6.45, 7) is 1.86. The van der Waals surface area contributed by atoms with E-state index in [1.807, 2.05) is 6.07 Å². The third kappa shape index (κ3) is 4.84. The lowest BCUT2D eigenvalue weighted by molar-refractivity contribution is -0.137. The van der Waals surface area contributed by atoms with Gasteiger partial charge in [-0.05, 0) is 37.1 Å². The Morgan fingerprint density at radius 1 is 1.10 bits per heavy atom. The lowest BCUT2D eigenvalue weighted by Gasteiger charge is -2.22. The molecule has 1 aliphatic heterocycles. The van der Waals surface area contributed by atoms with E-state index in [9.17, 15) is 18.0 Å². The highest BCUT2D eigenvalue weighted by atomic mass is 19.4. The number of hydrogen-bond donors (Lipinski definition) is 1. The summed E-state index contributed by atoms with van der Waals surface area (Å²) in [7, 11) is 3.09. The summed E-state index contributed by atoms with van der Waals surface area (Å²) < 4.78 is 49.4. The molecule has 1 saturated heterocycles. The average molecular weight is 421 g/mol. The second kappa shape index (κ2) is 9.06. The fourth-order valence-electron chi connectivity index (χ4n) is 3.27. The van der Waals surface area contributed by atoms with Crippen LogP contribution in [0.1, 0.15) is 34.3 Å². The number of carbonyl (C=O) groups excluding carboxylic acids is 1. The average Bonchev–Trinajstić information content (AvgIpc) is 3.27. The maximum Gasteiger partial charge on any atom is 0.416 e. The number of rotatable bonds is 6. The van der Waals surface area contributed by atoms with E-state index in [0.29, 0.717) is 17.1 Å². The molecule has 0 aliphatic carbocycles. The molecule has 1 heterocycles. The first-order valence-corrected chi connectivity index (χ1v) is 9.35. The van der Waals surface area contributed by atoms with Crippen molar-refractivity contribution in [3.8, 4) is 11.5 Å². The first kappa shape index (κ1) is 21.5. The molecule has 1 amide bonds. The Morgan fingerprint density at radius 2 is 1.80 bits per heavy atom. The second-order valence-electron chi connectivity index (χ2n) is 6.74. The minimum absolute atomic E-state index is 0.143. The molecule has 0 spiro atoms. The molecule has 9 heteroatoms. The largest absolute Gasteiger partial charge is 0.496 e. The Balaban J connectivity index is 1.78. The van der Waals surface area contributed by atoms with Crippen molar-refractivity contribution in [3.63, 3.8) is 0 Å². The van der Waals surface area contributed by atoms with E-state index in [0.717, 1.165) is 43.8 Å². The number of benzene rings is 2. The number of halogens is 3. The van der Waals surface area contributed by atoms with Crippen molar-refractivity contribution in [1.82, 2.24) is 5.43 Å². The topological polar surface area (TPSA) is 63.2 Å². The van der Waals surface area contributed by atoms with Crippen LogP contribution in [0.25, 0.3) is 0 Å². The van der Waals surface area contributed by atoms with Crippen LogP contribution in [-0.4, -0.2) is 39.4 Å². The molecule has 6 nitrogen and oxygen atoms in total. The molecule has 1 aliphatic rings. The molecule has 0 atom stereocenters. The summed E-state index contributed by atoms with van der Waals surface area (Å²) in [6.07, 6.45) is -0.951. The van der Waals surface area contributed by atoms with Gasteiger partial charge >= 0.3 is 6.18 Å².